The molecule has 0 atom stereocenters. The SMILES string of the molecule is Fc1cc(-c2nc(C3CCNCC3)no2)ccc1Br. The highest BCUT2D eigenvalue weighted by Crippen LogP contribution is 2.27. The van der Waals surface area contributed by atoms with Gasteiger partial charge in [-0.15, -0.1) is 0 Å². The number of piperidine rings is 1. The summed E-state index contributed by atoms with van der Waals surface area (Å²) in [6.07, 6.45) is 2.02. The van der Waals surface area contributed by atoms with E-state index >= 15 is 0 Å². The molecule has 1 saturated heterocycles. The number of benzene rings is 1. The Hall–Kier alpha value is -1.27. The highest BCUT2D eigenvalue weighted by atomic mass is 79.9. The fourth-order valence-electron chi connectivity index (χ4n) is 2.23. The summed E-state index contributed by atoms with van der Waals surface area (Å²) in [7, 11) is 0. The molecule has 0 aliphatic carbocycles. The Bertz CT molecular complexity index is 581. The Kier molecular flexibility index (Phi) is 3.61. The fourth-order valence-corrected chi connectivity index (χ4v) is 2.47. The number of halogens is 2. The highest BCUT2D eigenvalue weighted by molar-refractivity contribution is 9.10. The van der Waals surface area contributed by atoms with Crippen molar-refractivity contribution < 1.29 is 8.91 Å². The van der Waals surface area contributed by atoms with Gasteiger partial charge in [0.1, 0.15) is 5.82 Å². The van der Waals surface area contributed by atoms with Crippen molar-refractivity contribution in [2.45, 2.75) is 18.8 Å². The first-order valence-corrected chi connectivity index (χ1v) is 7.03. The minimum absolute atomic E-state index is 0.332. The first kappa shape index (κ1) is 12.7. The van der Waals surface area contributed by atoms with Gasteiger partial charge in [-0.05, 0) is 60.1 Å². The van der Waals surface area contributed by atoms with Crippen LogP contribution in [-0.4, -0.2) is 23.2 Å². The van der Waals surface area contributed by atoms with Gasteiger partial charge in [-0.25, -0.2) is 4.39 Å². The summed E-state index contributed by atoms with van der Waals surface area (Å²) in [4.78, 5) is 4.39. The molecule has 1 N–H and O–H groups in total. The molecule has 19 heavy (non-hydrogen) atoms. The Morgan fingerprint density at radius 2 is 2.11 bits per heavy atom. The predicted octanol–water partition coefficient (Wildman–Crippen LogP) is 3.11. The standard InChI is InChI=1S/C13H13BrFN3O/c14-10-2-1-9(7-11(10)15)13-17-12(18-19-13)8-3-5-16-6-4-8/h1-2,7-8,16H,3-6H2. The van der Waals surface area contributed by atoms with E-state index in [4.69, 9.17) is 4.52 Å². The largest absolute Gasteiger partial charge is 0.334 e. The summed E-state index contributed by atoms with van der Waals surface area (Å²) >= 11 is 3.12. The van der Waals surface area contributed by atoms with E-state index < -0.39 is 0 Å². The lowest BCUT2D eigenvalue weighted by atomic mass is 9.98. The van der Waals surface area contributed by atoms with Gasteiger partial charge >= 0.3 is 0 Å². The lowest BCUT2D eigenvalue weighted by molar-refractivity contribution is 0.392. The molecule has 1 aliphatic rings. The Balaban J connectivity index is 1.85. The van der Waals surface area contributed by atoms with Crippen LogP contribution in [0.15, 0.2) is 27.2 Å². The third-order valence-electron chi connectivity index (χ3n) is 3.31. The van der Waals surface area contributed by atoms with Gasteiger partial charge in [0, 0.05) is 11.5 Å². The van der Waals surface area contributed by atoms with Crippen molar-refractivity contribution in [1.82, 2.24) is 15.5 Å². The molecule has 1 aromatic carbocycles. The molecule has 6 heteroatoms. The van der Waals surface area contributed by atoms with Gasteiger partial charge in [0.25, 0.3) is 5.89 Å². The quantitative estimate of drug-likeness (QED) is 0.921. The van der Waals surface area contributed by atoms with Crippen molar-refractivity contribution >= 4 is 15.9 Å². The zero-order valence-corrected chi connectivity index (χ0v) is 11.8. The normalized spacial score (nSPS) is 16.7. The van der Waals surface area contributed by atoms with Crippen molar-refractivity contribution in [3.8, 4) is 11.5 Å². The van der Waals surface area contributed by atoms with Crippen LogP contribution in [0, 0.1) is 5.82 Å². The molecule has 3 rings (SSSR count). The zero-order valence-electron chi connectivity index (χ0n) is 10.2. The summed E-state index contributed by atoms with van der Waals surface area (Å²) in [5.74, 6) is 1.10. The highest BCUT2D eigenvalue weighted by Gasteiger charge is 2.21. The van der Waals surface area contributed by atoms with Crippen LogP contribution in [0.5, 0.6) is 0 Å². The van der Waals surface area contributed by atoms with Crippen molar-refractivity contribution in [2.24, 2.45) is 0 Å². The van der Waals surface area contributed by atoms with Crippen molar-refractivity contribution in [2.75, 3.05) is 13.1 Å². The minimum Gasteiger partial charge on any atom is -0.334 e. The summed E-state index contributed by atoms with van der Waals surface area (Å²) in [6.45, 7) is 1.95. The molecule has 2 heterocycles. The maximum Gasteiger partial charge on any atom is 0.258 e. The maximum absolute atomic E-state index is 13.5. The lowest BCUT2D eigenvalue weighted by Crippen LogP contribution is -2.27. The summed E-state index contributed by atoms with van der Waals surface area (Å²) in [5, 5.41) is 7.32. The van der Waals surface area contributed by atoms with E-state index in [-0.39, 0.29) is 5.82 Å². The summed E-state index contributed by atoms with van der Waals surface area (Å²) < 4.78 is 19.1. The molecule has 0 radical (unpaired) electrons. The van der Waals surface area contributed by atoms with E-state index in [2.05, 4.69) is 31.4 Å². The Morgan fingerprint density at radius 1 is 1.32 bits per heavy atom. The van der Waals surface area contributed by atoms with Gasteiger partial charge in [0.05, 0.1) is 4.47 Å². The fraction of sp³-hybridized carbons (Fsp3) is 0.385. The molecule has 4 nitrogen and oxygen atoms in total. The number of nitrogens with zero attached hydrogens (tertiary/aromatic N) is 2. The zero-order chi connectivity index (χ0) is 13.2. The summed E-state index contributed by atoms with van der Waals surface area (Å²) in [5.41, 5.74) is 0.605. The van der Waals surface area contributed by atoms with Gasteiger partial charge in [-0.1, -0.05) is 5.16 Å². The average molecular weight is 326 g/mol. The second kappa shape index (κ2) is 5.38. The van der Waals surface area contributed by atoms with E-state index in [1.54, 1.807) is 12.1 Å². The van der Waals surface area contributed by atoms with Gasteiger partial charge < -0.3 is 9.84 Å². The second-order valence-corrected chi connectivity index (χ2v) is 5.47. The average Bonchev–Trinajstić information content (AvgIpc) is 2.93. The van der Waals surface area contributed by atoms with E-state index in [9.17, 15) is 4.39 Å². The maximum atomic E-state index is 13.5. The molecule has 1 aliphatic heterocycles. The summed E-state index contributed by atoms with van der Waals surface area (Å²) in [6, 6.07) is 4.79. The Labute approximate surface area is 118 Å². The molecule has 2 aromatic rings. The first-order chi connectivity index (χ1) is 9.24. The number of hydrogen-bond donors (Lipinski definition) is 1. The molecule has 1 aromatic heterocycles. The van der Waals surface area contributed by atoms with E-state index in [0.717, 1.165) is 31.8 Å². The van der Waals surface area contributed by atoms with Crippen LogP contribution in [-0.2, 0) is 0 Å². The topological polar surface area (TPSA) is 51.0 Å². The number of hydrogen-bond acceptors (Lipinski definition) is 4. The second-order valence-electron chi connectivity index (χ2n) is 4.61. The number of rotatable bonds is 2. The van der Waals surface area contributed by atoms with Gasteiger partial charge in [0.15, 0.2) is 5.82 Å². The molecule has 100 valence electrons. The predicted molar refractivity (Wildman–Crippen MR) is 72.2 cm³/mol. The minimum atomic E-state index is -0.334. The van der Waals surface area contributed by atoms with Gasteiger partial charge in [0.2, 0.25) is 0 Å². The smallest absolute Gasteiger partial charge is 0.258 e. The van der Waals surface area contributed by atoms with Crippen molar-refractivity contribution in [1.29, 1.82) is 0 Å². The number of aromatic nitrogens is 2. The first-order valence-electron chi connectivity index (χ1n) is 6.24. The molecular weight excluding hydrogens is 313 g/mol. The van der Waals surface area contributed by atoms with Gasteiger partial charge in [-0.2, -0.15) is 4.98 Å². The van der Waals surface area contributed by atoms with Crippen molar-refractivity contribution in [3.05, 3.63) is 34.3 Å². The lowest BCUT2D eigenvalue weighted by Gasteiger charge is -2.18. The number of nitrogens with one attached hydrogen (secondary N) is 1. The van der Waals surface area contributed by atoms with E-state index in [1.807, 2.05) is 0 Å². The monoisotopic (exact) mass is 325 g/mol. The molecule has 0 saturated carbocycles. The molecule has 0 bridgehead atoms. The molecule has 0 amide bonds. The molecule has 1 fully saturated rings. The van der Waals surface area contributed by atoms with Crippen LogP contribution >= 0.6 is 15.9 Å². The van der Waals surface area contributed by atoms with Crippen molar-refractivity contribution in [3.63, 3.8) is 0 Å². The molecular formula is C13H13BrFN3O. The third-order valence-corrected chi connectivity index (χ3v) is 3.96. The van der Waals surface area contributed by atoms with Crippen LogP contribution in [0.25, 0.3) is 11.5 Å². The molecule has 0 spiro atoms. The molecule has 0 unspecified atom stereocenters. The van der Waals surface area contributed by atoms with Crippen LogP contribution in [0.2, 0.25) is 0 Å². The van der Waals surface area contributed by atoms with E-state index in [1.165, 1.54) is 6.07 Å². The van der Waals surface area contributed by atoms with Crippen LogP contribution < -0.4 is 5.32 Å². The third kappa shape index (κ3) is 2.69. The van der Waals surface area contributed by atoms with Crippen LogP contribution in [0.1, 0.15) is 24.6 Å². The van der Waals surface area contributed by atoms with Crippen LogP contribution in [0.4, 0.5) is 4.39 Å². The van der Waals surface area contributed by atoms with Crippen LogP contribution in [0.3, 0.4) is 0 Å². The van der Waals surface area contributed by atoms with Gasteiger partial charge in [-0.3, -0.25) is 0 Å². The Morgan fingerprint density at radius 3 is 2.84 bits per heavy atom. The van der Waals surface area contributed by atoms with E-state index in [0.29, 0.717) is 21.8 Å².